The van der Waals surface area contributed by atoms with Crippen molar-refractivity contribution >= 4 is 11.0 Å². The van der Waals surface area contributed by atoms with Crippen LogP contribution in [-0.2, 0) is 0 Å². The molecule has 0 atom stereocenters. The lowest BCUT2D eigenvalue weighted by atomic mass is 9.90. The number of hydrogen-bond acceptors (Lipinski definition) is 7. The van der Waals surface area contributed by atoms with Crippen molar-refractivity contribution in [1.29, 1.82) is 0 Å². The molecule has 2 heterocycles. The second kappa shape index (κ2) is 7.67. The van der Waals surface area contributed by atoms with Crippen LogP contribution >= 0.6 is 0 Å². The van der Waals surface area contributed by atoms with Gasteiger partial charge in [0.1, 0.15) is 5.58 Å². The molecule has 1 fully saturated rings. The van der Waals surface area contributed by atoms with E-state index >= 15 is 0 Å². The predicted molar refractivity (Wildman–Crippen MR) is 109 cm³/mol. The number of hydrogen-bond donors (Lipinski definition) is 3. The summed E-state index contributed by atoms with van der Waals surface area (Å²) in [4.78, 5) is 12.8. The van der Waals surface area contributed by atoms with Crippen LogP contribution in [0.1, 0.15) is 24.3 Å². The lowest BCUT2D eigenvalue weighted by Gasteiger charge is -2.23. The minimum absolute atomic E-state index is 0.00145. The third kappa shape index (κ3) is 3.38. The topological polar surface area (TPSA) is 101 Å². The van der Waals surface area contributed by atoms with Crippen molar-refractivity contribution in [3.63, 3.8) is 0 Å². The van der Waals surface area contributed by atoms with Crippen LogP contribution in [0.5, 0.6) is 23.0 Å². The van der Waals surface area contributed by atoms with Crippen LogP contribution in [0.25, 0.3) is 22.3 Å². The first kappa shape index (κ1) is 19.1. The number of aromatic hydroxyl groups is 2. The van der Waals surface area contributed by atoms with Gasteiger partial charge in [0.05, 0.1) is 19.6 Å². The van der Waals surface area contributed by atoms with Crippen LogP contribution in [-0.4, -0.2) is 37.5 Å². The molecular weight excluding hydrogens is 374 g/mol. The van der Waals surface area contributed by atoms with Crippen LogP contribution in [0.4, 0.5) is 0 Å². The molecule has 7 heteroatoms. The van der Waals surface area contributed by atoms with Crippen LogP contribution < -0.4 is 20.2 Å². The van der Waals surface area contributed by atoms with Gasteiger partial charge >= 0.3 is 0 Å². The Labute approximate surface area is 167 Å². The van der Waals surface area contributed by atoms with E-state index in [1.807, 2.05) is 12.1 Å². The number of phenols is 1. The Bertz CT molecular complexity index is 1090. The van der Waals surface area contributed by atoms with Gasteiger partial charge in [-0.25, -0.2) is 0 Å². The molecule has 0 unspecified atom stereocenters. The quantitative estimate of drug-likeness (QED) is 0.621. The van der Waals surface area contributed by atoms with Crippen molar-refractivity contribution in [3.8, 4) is 34.3 Å². The normalized spacial score (nSPS) is 14.8. The van der Waals surface area contributed by atoms with Gasteiger partial charge in [0.2, 0.25) is 16.9 Å². The van der Waals surface area contributed by atoms with Crippen LogP contribution in [0.3, 0.4) is 0 Å². The number of piperidine rings is 1. The largest absolute Gasteiger partial charge is 0.502 e. The molecule has 7 nitrogen and oxygen atoms in total. The maximum Gasteiger partial charge on any atom is 0.235 e. The van der Waals surface area contributed by atoms with Gasteiger partial charge in [-0.05, 0) is 61.7 Å². The fraction of sp³-hybridized carbons (Fsp3) is 0.318. The minimum atomic E-state index is -0.510. The highest BCUT2D eigenvalue weighted by Crippen LogP contribution is 2.42. The lowest BCUT2D eigenvalue weighted by Crippen LogP contribution is -2.26. The van der Waals surface area contributed by atoms with Crippen molar-refractivity contribution in [1.82, 2.24) is 5.32 Å². The monoisotopic (exact) mass is 397 g/mol. The van der Waals surface area contributed by atoms with Gasteiger partial charge in [-0.15, -0.1) is 0 Å². The zero-order valence-corrected chi connectivity index (χ0v) is 16.3. The smallest absolute Gasteiger partial charge is 0.235 e. The van der Waals surface area contributed by atoms with E-state index < -0.39 is 11.2 Å². The molecule has 2 aromatic carbocycles. The van der Waals surface area contributed by atoms with Crippen molar-refractivity contribution in [2.45, 2.75) is 18.8 Å². The molecule has 1 aliphatic heterocycles. The standard InChI is InChI=1S/C22H23NO6/c1-27-17-10-14(11-18(28-2)20(17)25)22-21(26)19(24)15-4-3-13(9-16(15)29-22)12-5-7-23-8-6-12/h3-4,9-12,23,25-26H,5-8H2,1-2H3. The third-order valence-corrected chi connectivity index (χ3v) is 5.45. The second-order valence-electron chi connectivity index (χ2n) is 7.12. The highest BCUT2D eigenvalue weighted by Gasteiger charge is 2.21. The van der Waals surface area contributed by atoms with Gasteiger partial charge in [-0.3, -0.25) is 4.79 Å². The Morgan fingerprint density at radius 3 is 2.28 bits per heavy atom. The van der Waals surface area contributed by atoms with Crippen molar-refractivity contribution in [2.24, 2.45) is 0 Å². The number of benzene rings is 2. The van der Waals surface area contributed by atoms with Crippen molar-refractivity contribution < 1.29 is 24.1 Å². The van der Waals surface area contributed by atoms with Gasteiger partial charge in [0.25, 0.3) is 0 Å². The van der Waals surface area contributed by atoms with E-state index in [9.17, 15) is 15.0 Å². The Kier molecular flexibility index (Phi) is 5.07. The van der Waals surface area contributed by atoms with E-state index in [1.165, 1.54) is 26.4 Å². The molecule has 1 aromatic heterocycles. The fourth-order valence-corrected chi connectivity index (χ4v) is 3.83. The van der Waals surface area contributed by atoms with Crippen LogP contribution in [0, 0.1) is 0 Å². The Morgan fingerprint density at radius 2 is 1.66 bits per heavy atom. The molecule has 0 bridgehead atoms. The summed E-state index contributed by atoms with van der Waals surface area (Å²) in [5.74, 6) is 0.0185. The van der Waals surface area contributed by atoms with E-state index in [1.54, 1.807) is 6.07 Å². The molecule has 3 N–H and O–H groups in total. The number of methoxy groups -OCH3 is 2. The molecule has 0 aliphatic carbocycles. The summed E-state index contributed by atoms with van der Waals surface area (Å²) in [7, 11) is 2.81. The molecule has 1 aliphatic rings. The lowest BCUT2D eigenvalue weighted by molar-refractivity contribution is 0.340. The molecule has 1 saturated heterocycles. The number of fused-ring (bicyclic) bond motifs is 1. The summed E-state index contributed by atoms with van der Waals surface area (Å²) in [5, 5.41) is 24.3. The van der Waals surface area contributed by atoms with Crippen molar-refractivity contribution in [2.75, 3.05) is 27.3 Å². The van der Waals surface area contributed by atoms with Gasteiger partial charge in [0.15, 0.2) is 17.3 Å². The molecule has 29 heavy (non-hydrogen) atoms. The maximum atomic E-state index is 12.8. The van der Waals surface area contributed by atoms with Crippen LogP contribution in [0.15, 0.2) is 39.5 Å². The summed E-state index contributed by atoms with van der Waals surface area (Å²) in [6, 6.07) is 8.49. The Hall–Kier alpha value is -3.19. The second-order valence-corrected chi connectivity index (χ2v) is 7.12. The molecule has 0 saturated carbocycles. The molecular formula is C22H23NO6. The number of rotatable bonds is 4. The predicted octanol–water partition coefficient (Wildman–Crippen LogP) is 3.36. The molecule has 0 radical (unpaired) electrons. The summed E-state index contributed by atoms with van der Waals surface area (Å²) in [6.45, 7) is 1.92. The van der Waals surface area contributed by atoms with E-state index in [0.29, 0.717) is 22.5 Å². The first-order valence-electron chi connectivity index (χ1n) is 9.49. The van der Waals surface area contributed by atoms with E-state index in [2.05, 4.69) is 5.32 Å². The number of phenolic OH excluding ortho intramolecular Hbond substituents is 1. The summed E-state index contributed by atoms with van der Waals surface area (Å²) in [6.07, 6.45) is 2.04. The van der Waals surface area contributed by atoms with Gasteiger partial charge in [-0.1, -0.05) is 6.07 Å². The minimum Gasteiger partial charge on any atom is -0.502 e. The molecule has 0 amide bonds. The zero-order valence-electron chi connectivity index (χ0n) is 16.3. The average Bonchev–Trinajstić information content (AvgIpc) is 2.76. The van der Waals surface area contributed by atoms with Gasteiger partial charge in [-0.2, -0.15) is 0 Å². The Morgan fingerprint density at radius 1 is 1.00 bits per heavy atom. The van der Waals surface area contributed by atoms with Crippen LogP contribution in [0.2, 0.25) is 0 Å². The molecule has 152 valence electrons. The van der Waals surface area contributed by atoms with Gasteiger partial charge < -0.3 is 29.4 Å². The molecule has 0 spiro atoms. The van der Waals surface area contributed by atoms with Gasteiger partial charge in [0, 0.05) is 5.56 Å². The highest BCUT2D eigenvalue weighted by atomic mass is 16.5. The summed E-state index contributed by atoms with van der Waals surface area (Å²) < 4.78 is 16.3. The first-order valence-corrected chi connectivity index (χ1v) is 9.49. The molecule has 4 rings (SSSR count). The number of ether oxygens (including phenoxy) is 2. The summed E-state index contributed by atoms with van der Waals surface area (Å²) >= 11 is 0. The number of nitrogens with one attached hydrogen (secondary N) is 1. The fourth-order valence-electron chi connectivity index (χ4n) is 3.83. The summed E-state index contributed by atoms with van der Waals surface area (Å²) in [5.41, 5.74) is 1.37. The van der Waals surface area contributed by atoms with Crippen molar-refractivity contribution in [3.05, 3.63) is 46.1 Å². The SMILES string of the molecule is COc1cc(-c2oc3cc(C4CCNCC4)ccc3c(=O)c2O)cc(OC)c1O. The Balaban J connectivity index is 1.88. The first-order chi connectivity index (χ1) is 14.0. The third-order valence-electron chi connectivity index (χ3n) is 5.45. The van der Waals surface area contributed by atoms with E-state index in [4.69, 9.17) is 13.9 Å². The van der Waals surface area contributed by atoms with E-state index in [-0.39, 0.29) is 23.0 Å². The maximum absolute atomic E-state index is 12.8. The average molecular weight is 397 g/mol. The van der Waals surface area contributed by atoms with E-state index in [0.717, 1.165) is 31.5 Å². The highest BCUT2D eigenvalue weighted by molar-refractivity contribution is 5.83. The zero-order chi connectivity index (χ0) is 20.5. The molecule has 3 aromatic rings.